The number of hydroxylamine groups is 1. The van der Waals surface area contributed by atoms with E-state index in [-0.39, 0.29) is 11.4 Å². The van der Waals surface area contributed by atoms with E-state index in [9.17, 15) is 8.42 Å². The predicted octanol–water partition coefficient (Wildman–Crippen LogP) is 2.41. The van der Waals surface area contributed by atoms with Crippen molar-refractivity contribution in [3.63, 3.8) is 0 Å². The van der Waals surface area contributed by atoms with Gasteiger partial charge in [-0.25, -0.2) is 8.42 Å². The van der Waals surface area contributed by atoms with E-state index in [4.69, 9.17) is 4.84 Å². The van der Waals surface area contributed by atoms with Crippen molar-refractivity contribution < 1.29 is 13.3 Å². The van der Waals surface area contributed by atoms with Crippen LogP contribution in [0.2, 0.25) is 0 Å². The molecule has 7 heteroatoms. The number of nitrogens with one attached hydrogen (secondary N) is 1. The zero-order valence-corrected chi connectivity index (χ0v) is 14.6. The average molecular weight is 347 g/mol. The van der Waals surface area contributed by atoms with Crippen LogP contribution in [0.25, 0.3) is 5.70 Å². The minimum Gasteiger partial charge on any atom is -0.276 e. The van der Waals surface area contributed by atoms with E-state index in [1.54, 1.807) is 55.8 Å². The molecular formula is C17H21N3O3S. The predicted molar refractivity (Wildman–Crippen MR) is 93.1 cm³/mol. The highest BCUT2D eigenvalue weighted by Crippen LogP contribution is 2.19. The standard InChI is InChI=1S/C17H21N3O3S/c1-4-23-19-14(2)16-5-7-17(8-6-16)24(21,22)20(3)13-15-9-11-18-12-10-15/h5-12,19H,2,4,13H2,1,3H3. The van der Waals surface area contributed by atoms with E-state index in [0.29, 0.717) is 12.3 Å². The third-order valence-corrected chi connectivity index (χ3v) is 5.22. The number of rotatable bonds is 8. The molecule has 0 fully saturated rings. The summed E-state index contributed by atoms with van der Waals surface area (Å²) >= 11 is 0. The van der Waals surface area contributed by atoms with Crippen LogP contribution in [-0.4, -0.2) is 31.4 Å². The smallest absolute Gasteiger partial charge is 0.243 e. The number of benzene rings is 1. The molecule has 2 aromatic rings. The van der Waals surface area contributed by atoms with Gasteiger partial charge in [0, 0.05) is 26.0 Å². The summed E-state index contributed by atoms with van der Waals surface area (Å²) in [5, 5.41) is 0. The van der Waals surface area contributed by atoms with Crippen LogP contribution in [-0.2, 0) is 21.4 Å². The number of sulfonamides is 1. The Morgan fingerprint density at radius 2 is 1.83 bits per heavy atom. The molecule has 0 aliphatic carbocycles. The van der Waals surface area contributed by atoms with Gasteiger partial charge in [-0.1, -0.05) is 18.7 Å². The quantitative estimate of drug-likeness (QED) is 0.743. The first-order valence-electron chi connectivity index (χ1n) is 7.47. The lowest BCUT2D eigenvalue weighted by molar-refractivity contribution is 0.0901. The molecule has 1 aromatic carbocycles. The summed E-state index contributed by atoms with van der Waals surface area (Å²) in [6.45, 7) is 6.49. The van der Waals surface area contributed by atoms with Crippen molar-refractivity contribution in [2.45, 2.75) is 18.4 Å². The Labute approximate surface area is 142 Å². The highest BCUT2D eigenvalue weighted by atomic mass is 32.2. The molecule has 0 spiro atoms. The molecular weight excluding hydrogens is 326 g/mol. The minimum absolute atomic E-state index is 0.229. The van der Waals surface area contributed by atoms with E-state index >= 15 is 0 Å². The minimum atomic E-state index is -3.56. The zero-order chi connectivity index (χ0) is 17.6. The topological polar surface area (TPSA) is 71.5 Å². The fourth-order valence-electron chi connectivity index (χ4n) is 2.06. The maximum Gasteiger partial charge on any atom is 0.243 e. The molecule has 0 amide bonds. The summed E-state index contributed by atoms with van der Waals surface area (Å²) in [7, 11) is -2.01. The lowest BCUT2D eigenvalue weighted by Gasteiger charge is -2.17. The van der Waals surface area contributed by atoms with Gasteiger partial charge in [-0.2, -0.15) is 4.31 Å². The molecule has 0 atom stereocenters. The van der Waals surface area contributed by atoms with Gasteiger partial charge in [-0.05, 0) is 42.3 Å². The molecule has 0 unspecified atom stereocenters. The number of aromatic nitrogens is 1. The molecule has 1 N–H and O–H groups in total. The molecule has 2 rings (SSSR count). The Bertz CT molecular complexity index is 774. The maximum atomic E-state index is 12.6. The monoisotopic (exact) mass is 347 g/mol. The van der Waals surface area contributed by atoms with Crippen molar-refractivity contribution in [1.82, 2.24) is 14.8 Å². The average Bonchev–Trinajstić information content (AvgIpc) is 2.60. The number of hydrogen-bond acceptors (Lipinski definition) is 5. The summed E-state index contributed by atoms with van der Waals surface area (Å²) < 4.78 is 26.6. The second-order valence-electron chi connectivity index (χ2n) is 5.15. The molecule has 1 heterocycles. The third-order valence-electron chi connectivity index (χ3n) is 3.41. The van der Waals surface area contributed by atoms with E-state index in [1.807, 2.05) is 6.92 Å². The normalized spacial score (nSPS) is 11.5. The number of hydrogen-bond donors (Lipinski definition) is 1. The van der Waals surface area contributed by atoms with Crippen LogP contribution in [0.1, 0.15) is 18.1 Å². The van der Waals surface area contributed by atoms with Crippen molar-refractivity contribution in [3.8, 4) is 0 Å². The Balaban J connectivity index is 2.12. The van der Waals surface area contributed by atoms with Gasteiger partial charge in [0.05, 0.1) is 17.2 Å². The second-order valence-corrected chi connectivity index (χ2v) is 7.20. The van der Waals surface area contributed by atoms with E-state index in [0.717, 1.165) is 11.1 Å². The van der Waals surface area contributed by atoms with Gasteiger partial charge < -0.3 is 0 Å². The van der Waals surface area contributed by atoms with Crippen LogP contribution in [0.4, 0.5) is 0 Å². The molecule has 128 valence electrons. The molecule has 0 aliphatic rings. The van der Waals surface area contributed by atoms with Crippen molar-refractivity contribution in [2.75, 3.05) is 13.7 Å². The maximum absolute atomic E-state index is 12.6. The first-order chi connectivity index (χ1) is 11.4. The van der Waals surface area contributed by atoms with Crippen LogP contribution in [0, 0.1) is 0 Å². The highest BCUT2D eigenvalue weighted by Gasteiger charge is 2.20. The van der Waals surface area contributed by atoms with Crippen molar-refractivity contribution in [2.24, 2.45) is 0 Å². The molecule has 6 nitrogen and oxygen atoms in total. The van der Waals surface area contributed by atoms with Gasteiger partial charge in [-0.15, -0.1) is 0 Å². The van der Waals surface area contributed by atoms with Gasteiger partial charge in [0.1, 0.15) is 0 Å². The van der Waals surface area contributed by atoms with Gasteiger partial charge in [-0.3, -0.25) is 15.3 Å². The van der Waals surface area contributed by atoms with Crippen LogP contribution in [0.5, 0.6) is 0 Å². The molecule has 24 heavy (non-hydrogen) atoms. The Hall–Kier alpha value is -2.22. The highest BCUT2D eigenvalue weighted by molar-refractivity contribution is 7.89. The molecule has 0 saturated carbocycles. The van der Waals surface area contributed by atoms with Crippen LogP contribution >= 0.6 is 0 Å². The van der Waals surface area contributed by atoms with Crippen molar-refractivity contribution in [1.29, 1.82) is 0 Å². The molecule has 1 aromatic heterocycles. The Morgan fingerprint density at radius 1 is 1.21 bits per heavy atom. The van der Waals surface area contributed by atoms with Crippen LogP contribution in [0.15, 0.2) is 60.3 Å². The first kappa shape index (κ1) is 18.1. The number of nitrogens with zero attached hydrogens (tertiary/aromatic N) is 2. The van der Waals surface area contributed by atoms with Crippen LogP contribution < -0.4 is 5.48 Å². The Morgan fingerprint density at radius 3 is 2.42 bits per heavy atom. The Kier molecular flexibility index (Phi) is 6.08. The summed E-state index contributed by atoms with van der Waals surface area (Å²) in [6.07, 6.45) is 3.28. The third kappa shape index (κ3) is 4.41. The summed E-state index contributed by atoms with van der Waals surface area (Å²) in [6, 6.07) is 10.1. The lowest BCUT2D eigenvalue weighted by atomic mass is 10.2. The largest absolute Gasteiger partial charge is 0.276 e. The number of pyridine rings is 1. The van der Waals surface area contributed by atoms with Gasteiger partial charge in [0.25, 0.3) is 0 Å². The van der Waals surface area contributed by atoms with Gasteiger partial charge in [0.2, 0.25) is 10.0 Å². The molecule has 0 bridgehead atoms. The van der Waals surface area contributed by atoms with Crippen LogP contribution in [0.3, 0.4) is 0 Å². The van der Waals surface area contributed by atoms with Gasteiger partial charge in [0.15, 0.2) is 0 Å². The summed E-state index contributed by atoms with van der Waals surface area (Å²) in [5.41, 5.74) is 4.92. The van der Waals surface area contributed by atoms with Crippen molar-refractivity contribution >= 4 is 15.7 Å². The van der Waals surface area contributed by atoms with E-state index in [1.165, 1.54) is 4.31 Å². The first-order valence-corrected chi connectivity index (χ1v) is 8.91. The van der Waals surface area contributed by atoms with Crippen molar-refractivity contribution in [3.05, 3.63) is 66.5 Å². The summed E-state index contributed by atoms with van der Waals surface area (Å²) in [4.78, 5) is 9.23. The van der Waals surface area contributed by atoms with E-state index in [2.05, 4.69) is 17.0 Å². The fraction of sp³-hybridized carbons (Fsp3) is 0.235. The SMILES string of the molecule is C=C(NOCC)c1ccc(S(=O)(=O)N(C)Cc2ccncc2)cc1. The zero-order valence-electron chi connectivity index (χ0n) is 13.8. The van der Waals surface area contributed by atoms with Gasteiger partial charge >= 0.3 is 0 Å². The van der Waals surface area contributed by atoms with E-state index < -0.39 is 10.0 Å². The fourth-order valence-corrected chi connectivity index (χ4v) is 3.22. The molecule has 0 aliphatic heterocycles. The summed E-state index contributed by atoms with van der Waals surface area (Å²) in [5.74, 6) is 0. The second kappa shape index (κ2) is 8.05. The molecule has 0 radical (unpaired) electrons. The molecule has 0 saturated heterocycles. The lowest BCUT2D eigenvalue weighted by Crippen LogP contribution is -2.26.